The lowest BCUT2D eigenvalue weighted by atomic mass is 9.82. The van der Waals surface area contributed by atoms with Gasteiger partial charge in [0.1, 0.15) is 5.84 Å². The Kier molecular flexibility index (Phi) is 6.02. The van der Waals surface area contributed by atoms with Crippen molar-refractivity contribution in [1.82, 2.24) is 9.88 Å². The summed E-state index contributed by atoms with van der Waals surface area (Å²) in [6.45, 7) is 4.70. The largest absolute Gasteiger partial charge is 0.613 e. The highest BCUT2D eigenvalue weighted by Crippen LogP contribution is 2.52. The van der Waals surface area contributed by atoms with E-state index in [2.05, 4.69) is 157 Å². The van der Waals surface area contributed by atoms with Gasteiger partial charge in [-0.05, 0) is 58.3 Å². The molecule has 4 nitrogen and oxygen atoms in total. The number of benzene rings is 6. The van der Waals surface area contributed by atoms with Gasteiger partial charge >= 0.3 is 0 Å². The molecule has 6 aromatic carbocycles. The molecule has 0 amide bonds. The number of aliphatic imine (C=N–C) groups is 1. The zero-order valence-electron chi connectivity index (χ0n) is 25.9. The molecule has 0 bridgehead atoms. The summed E-state index contributed by atoms with van der Waals surface area (Å²) in [6.07, 6.45) is -0.514. The second-order valence-electron chi connectivity index (χ2n) is 12.8. The maximum atomic E-state index is 5.18. The van der Waals surface area contributed by atoms with Crippen LogP contribution in [0.5, 0.6) is 0 Å². The minimum atomic E-state index is -0.304. The Balaban J connectivity index is 1.25. The molecule has 9 rings (SSSR count). The number of nitrogens with zero attached hydrogens (tertiary/aromatic N) is 3. The average molecular weight is 594 g/mol. The first kappa shape index (κ1) is 26.9. The van der Waals surface area contributed by atoms with Crippen LogP contribution in [0.4, 0.5) is 0 Å². The van der Waals surface area contributed by atoms with Gasteiger partial charge in [0.25, 0.3) is 0 Å². The number of fused-ring (bicyclic) bond motifs is 7. The lowest BCUT2D eigenvalue weighted by Gasteiger charge is -2.44. The summed E-state index contributed by atoms with van der Waals surface area (Å²) in [4.78, 5) is 5.18. The van der Waals surface area contributed by atoms with Crippen molar-refractivity contribution in [3.63, 3.8) is 0 Å². The molecule has 222 valence electrons. The second-order valence-corrected chi connectivity index (χ2v) is 12.8. The Bertz CT molecular complexity index is 2300. The van der Waals surface area contributed by atoms with Crippen LogP contribution in [0.15, 0.2) is 151 Å². The van der Waals surface area contributed by atoms with Gasteiger partial charge in [-0.2, -0.15) is 0 Å². The van der Waals surface area contributed by atoms with Gasteiger partial charge in [0.05, 0.1) is 11.0 Å². The highest BCUT2D eigenvalue weighted by atomic mass is 15.3. The Morgan fingerprint density at radius 2 is 1.37 bits per heavy atom. The molecule has 2 unspecified atom stereocenters. The van der Waals surface area contributed by atoms with Gasteiger partial charge in [0.2, 0.25) is 0 Å². The summed E-state index contributed by atoms with van der Waals surface area (Å²) in [5.41, 5.74) is 12.1. The number of hydrogen-bond acceptors (Lipinski definition) is 2. The van der Waals surface area contributed by atoms with Gasteiger partial charge in [0, 0.05) is 33.0 Å². The van der Waals surface area contributed by atoms with E-state index in [1.807, 2.05) is 12.1 Å². The third-order valence-electron chi connectivity index (χ3n) is 9.79. The van der Waals surface area contributed by atoms with E-state index in [0.717, 1.165) is 28.2 Å². The quantitative estimate of drug-likeness (QED) is 0.217. The van der Waals surface area contributed by atoms with Crippen molar-refractivity contribution >= 4 is 27.6 Å². The van der Waals surface area contributed by atoms with Crippen LogP contribution in [0.1, 0.15) is 54.0 Å². The van der Waals surface area contributed by atoms with E-state index in [1.165, 1.54) is 44.1 Å². The molecule has 1 aliphatic carbocycles. The van der Waals surface area contributed by atoms with Crippen molar-refractivity contribution in [2.24, 2.45) is 4.99 Å². The number of para-hydroxylation sites is 1. The van der Waals surface area contributed by atoms with Crippen LogP contribution in [-0.4, -0.2) is 10.4 Å². The van der Waals surface area contributed by atoms with Crippen LogP contribution >= 0.6 is 0 Å². The first-order valence-electron chi connectivity index (χ1n) is 16.0. The molecular weight excluding hydrogens is 560 g/mol. The fraction of sp³-hybridized carbons (Fsp3) is 0.119. The highest BCUT2D eigenvalue weighted by molar-refractivity contribution is 6.15. The van der Waals surface area contributed by atoms with Crippen molar-refractivity contribution in [2.45, 2.75) is 31.6 Å². The monoisotopic (exact) mass is 593 g/mol. The smallest absolute Gasteiger partial charge is 0.126 e. The van der Waals surface area contributed by atoms with E-state index >= 15 is 0 Å². The molecule has 46 heavy (non-hydrogen) atoms. The molecule has 0 saturated heterocycles. The van der Waals surface area contributed by atoms with Crippen molar-refractivity contribution in [3.8, 4) is 16.8 Å². The molecule has 1 aliphatic heterocycles. The summed E-state index contributed by atoms with van der Waals surface area (Å²) >= 11 is 0. The van der Waals surface area contributed by atoms with Crippen molar-refractivity contribution < 1.29 is 0 Å². The third-order valence-corrected chi connectivity index (χ3v) is 9.79. The Hall–Kier alpha value is -5.45. The number of amidine groups is 1. The zero-order chi connectivity index (χ0) is 30.8. The predicted octanol–water partition coefficient (Wildman–Crippen LogP) is 10.2. The molecule has 2 aliphatic rings. The van der Waals surface area contributed by atoms with Crippen molar-refractivity contribution in [3.05, 3.63) is 179 Å². The summed E-state index contributed by atoms with van der Waals surface area (Å²) in [5.74, 6) is 0.844. The molecular formula is C42H33N4-. The van der Waals surface area contributed by atoms with E-state index in [1.54, 1.807) is 0 Å². The Labute approximate surface area is 269 Å². The van der Waals surface area contributed by atoms with E-state index < -0.39 is 0 Å². The first-order valence-corrected chi connectivity index (χ1v) is 16.0. The van der Waals surface area contributed by atoms with E-state index in [0.29, 0.717) is 0 Å². The van der Waals surface area contributed by atoms with Gasteiger partial charge in [-0.1, -0.05) is 141 Å². The van der Waals surface area contributed by atoms with Crippen LogP contribution in [-0.2, 0) is 5.41 Å². The number of aromatic nitrogens is 1. The van der Waals surface area contributed by atoms with Crippen LogP contribution < -0.4 is 5.32 Å². The molecule has 0 saturated carbocycles. The van der Waals surface area contributed by atoms with E-state index in [4.69, 9.17) is 10.3 Å². The molecule has 2 heterocycles. The summed E-state index contributed by atoms with van der Waals surface area (Å²) < 4.78 is 2.46. The van der Waals surface area contributed by atoms with Crippen molar-refractivity contribution in [2.75, 3.05) is 0 Å². The van der Waals surface area contributed by atoms with Gasteiger partial charge < -0.3 is 15.2 Å². The number of hydrogen-bond donors (Lipinski definition) is 1. The SMILES string of the molecule is CC1(C)c2ccccc2-c2c1ccc1c3ccccc3n(-c3cccc(C4=NC(c5ccccc5)[N-]C(c5ccccc5)N4)c3)c21. The Morgan fingerprint density at radius 1 is 0.652 bits per heavy atom. The molecule has 0 radical (unpaired) electrons. The fourth-order valence-corrected chi connectivity index (χ4v) is 7.55. The average Bonchev–Trinajstić information content (AvgIpc) is 3.58. The number of rotatable bonds is 4. The Morgan fingerprint density at radius 3 is 2.20 bits per heavy atom. The lowest BCUT2D eigenvalue weighted by Crippen LogP contribution is -2.34. The second kappa shape index (κ2) is 10.3. The maximum Gasteiger partial charge on any atom is 0.126 e. The molecule has 4 heteroatoms. The highest BCUT2D eigenvalue weighted by Gasteiger charge is 2.37. The molecule has 2 atom stereocenters. The van der Waals surface area contributed by atoms with E-state index in [9.17, 15) is 0 Å². The molecule has 1 aromatic heterocycles. The normalized spacial score (nSPS) is 18.2. The summed E-state index contributed by atoms with van der Waals surface area (Å²) in [6, 6.07) is 52.0. The maximum absolute atomic E-state index is 5.18. The van der Waals surface area contributed by atoms with Crippen LogP contribution in [0.2, 0.25) is 0 Å². The summed E-state index contributed by atoms with van der Waals surface area (Å²) in [5, 5.41) is 11.3. The number of nitrogens with one attached hydrogen (secondary N) is 1. The standard InChI is InChI=1S/C42H33N4/c1-42(2)34-22-11-9-21-33(34)37-35(42)25-24-32-31-20-10-12-23-36(31)46(38(32)37)30-19-13-18-29(26-30)41-44-39(27-14-5-3-6-15-27)43-40(45-41)28-16-7-4-8-17-28/h3-26,39-40H,1-2H3,(H,44,45)/q-1. The first-order chi connectivity index (χ1) is 22.6. The van der Waals surface area contributed by atoms with Gasteiger partial charge in [-0.25, -0.2) is 0 Å². The summed E-state index contributed by atoms with van der Waals surface area (Å²) in [7, 11) is 0. The molecule has 0 spiro atoms. The topological polar surface area (TPSA) is 43.4 Å². The zero-order valence-corrected chi connectivity index (χ0v) is 25.9. The minimum Gasteiger partial charge on any atom is -0.613 e. The minimum absolute atomic E-state index is 0.0770. The van der Waals surface area contributed by atoms with Crippen molar-refractivity contribution in [1.29, 1.82) is 0 Å². The third kappa shape index (κ3) is 4.07. The van der Waals surface area contributed by atoms with E-state index in [-0.39, 0.29) is 17.7 Å². The van der Waals surface area contributed by atoms with Crippen LogP contribution in [0, 0.1) is 0 Å². The van der Waals surface area contributed by atoms with Crippen LogP contribution in [0.3, 0.4) is 0 Å². The molecule has 1 N–H and O–H groups in total. The molecule has 7 aromatic rings. The predicted molar refractivity (Wildman–Crippen MR) is 190 cm³/mol. The van der Waals surface area contributed by atoms with Gasteiger partial charge in [0.15, 0.2) is 0 Å². The van der Waals surface area contributed by atoms with Crippen LogP contribution in [0.25, 0.3) is 43.9 Å². The lowest BCUT2D eigenvalue weighted by molar-refractivity contribution is 0.631. The fourth-order valence-electron chi connectivity index (χ4n) is 7.55. The van der Waals surface area contributed by atoms with Gasteiger partial charge in [-0.3, -0.25) is 4.99 Å². The van der Waals surface area contributed by atoms with Gasteiger partial charge in [-0.15, -0.1) is 0 Å². The molecule has 0 fully saturated rings.